The molecule has 0 nitrogen and oxygen atoms in total. The largest absolute Gasteiger partial charge is 0.0558 e. The summed E-state index contributed by atoms with van der Waals surface area (Å²) in [6, 6.07) is 15.1. The zero-order valence-corrected chi connectivity index (χ0v) is 17.1. The predicted octanol–water partition coefficient (Wildman–Crippen LogP) is 7.18. The quantitative estimate of drug-likeness (QED) is 0.467. The van der Waals surface area contributed by atoms with Gasteiger partial charge in [0.1, 0.15) is 0 Å². The third-order valence-electron chi connectivity index (χ3n) is 6.52. The molecular weight excluding hydrogens is 324 g/mol. The molecule has 0 unspecified atom stereocenters. The Morgan fingerprint density at radius 1 is 0.259 bits per heavy atom. The fourth-order valence-electron chi connectivity index (χ4n) is 5.05. The van der Waals surface area contributed by atoms with Crippen LogP contribution in [0.25, 0.3) is 0 Å². The van der Waals surface area contributed by atoms with Crippen molar-refractivity contribution in [3.8, 4) is 0 Å². The van der Waals surface area contributed by atoms with Crippen LogP contribution in [-0.2, 0) is 38.5 Å². The van der Waals surface area contributed by atoms with Crippen molar-refractivity contribution in [2.45, 2.75) is 96.3 Å². The molecule has 3 aliphatic rings. The van der Waals surface area contributed by atoms with E-state index in [0.717, 1.165) is 0 Å². The second-order valence-electron chi connectivity index (χ2n) is 9.00. The molecule has 0 heterocycles. The van der Waals surface area contributed by atoms with E-state index in [0.29, 0.717) is 0 Å². The number of fused-ring (bicyclic) bond motifs is 12. The smallest absolute Gasteiger partial charge is 0.0279 e. The molecule has 144 valence electrons. The number of benzene rings is 2. The third-order valence-corrected chi connectivity index (χ3v) is 6.52. The Kier molecular flexibility index (Phi) is 6.67. The lowest BCUT2D eigenvalue weighted by molar-refractivity contribution is 0.654. The first-order chi connectivity index (χ1) is 13.3. The molecule has 0 saturated carbocycles. The van der Waals surface area contributed by atoms with Gasteiger partial charge in [0.2, 0.25) is 0 Å². The molecule has 0 aromatic heterocycles. The Labute approximate surface area is 166 Å². The van der Waals surface area contributed by atoms with Gasteiger partial charge < -0.3 is 0 Å². The minimum Gasteiger partial charge on any atom is -0.0558 e. The summed E-state index contributed by atoms with van der Waals surface area (Å²) in [4.78, 5) is 0. The van der Waals surface area contributed by atoms with Crippen LogP contribution in [0, 0.1) is 0 Å². The maximum absolute atomic E-state index is 2.52. The monoisotopic (exact) mass is 360 g/mol. The average Bonchev–Trinajstić information content (AvgIpc) is 2.66. The normalized spacial score (nSPS) is 19.1. The maximum atomic E-state index is 2.52. The van der Waals surface area contributed by atoms with Crippen molar-refractivity contribution in [3.05, 3.63) is 69.8 Å². The minimum atomic E-state index is 1.27. The minimum absolute atomic E-state index is 1.27. The Morgan fingerprint density at radius 2 is 0.444 bits per heavy atom. The zero-order chi connectivity index (χ0) is 18.3. The Balaban J connectivity index is 1.63. The van der Waals surface area contributed by atoms with E-state index in [1.807, 2.05) is 0 Å². The molecule has 0 radical (unpaired) electrons. The number of hydrogen-bond donors (Lipinski definition) is 0. The Morgan fingerprint density at radius 3 is 0.630 bits per heavy atom. The van der Waals surface area contributed by atoms with E-state index < -0.39 is 0 Å². The number of aryl methyl sites for hydroxylation is 6. The lowest BCUT2D eigenvalue weighted by Gasteiger charge is -2.14. The Bertz CT molecular complexity index is 553. The molecule has 0 amide bonds. The van der Waals surface area contributed by atoms with Gasteiger partial charge in [0, 0.05) is 0 Å². The highest BCUT2D eigenvalue weighted by Gasteiger charge is 2.07. The van der Waals surface area contributed by atoms with Crippen molar-refractivity contribution in [3.63, 3.8) is 0 Å². The SMILES string of the molecule is c1c2cc3cc1CCCCCc1cc(cc(c1)CCCCC3)CCCCC2. The summed E-state index contributed by atoms with van der Waals surface area (Å²) in [5.41, 5.74) is 9.62. The van der Waals surface area contributed by atoms with Crippen molar-refractivity contribution in [1.29, 1.82) is 0 Å². The summed E-state index contributed by atoms with van der Waals surface area (Å²) >= 11 is 0. The zero-order valence-electron chi connectivity index (χ0n) is 17.1. The van der Waals surface area contributed by atoms with Gasteiger partial charge in [-0.25, -0.2) is 0 Å². The van der Waals surface area contributed by atoms with E-state index in [1.165, 1.54) is 96.3 Å². The van der Waals surface area contributed by atoms with Crippen molar-refractivity contribution >= 4 is 0 Å². The average molecular weight is 361 g/mol. The molecule has 3 aliphatic carbocycles. The fourth-order valence-corrected chi connectivity index (χ4v) is 5.05. The van der Waals surface area contributed by atoms with Gasteiger partial charge in [-0.3, -0.25) is 0 Å². The van der Waals surface area contributed by atoms with Crippen LogP contribution in [0.4, 0.5) is 0 Å². The summed E-state index contributed by atoms with van der Waals surface area (Å²) in [7, 11) is 0. The van der Waals surface area contributed by atoms with Gasteiger partial charge in [0.15, 0.2) is 0 Å². The highest BCUT2D eigenvalue weighted by molar-refractivity contribution is 5.32. The fraction of sp³-hybridized carbons (Fsp3) is 0.556. The third kappa shape index (κ3) is 5.71. The van der Waals surface area contributed by atoms with Crippen LogP contribution in [0.5, 0.6) is 0 Å². The van der Waals surface area contributed by atoms with Gasteiger partial charge in [-0.1, -0.05) is 55.7 Å². The van der Waals surface area contributed by atoms with Crippen LogP contribution in [0.3, 0.4) is 0 Å². The van der Waals surface area contributed by atoms with Crippen molar-refractivity contribution in [1.82, 2.24) is 0 Å². The molecule has 6 bridgehead atoms. The van der Waals surface area contributed by atoms with E-state index in [-0.39, 0.29) is 0 Å². The van der Waals surface area contributed by atoms with Crippen LogP contribution >= 0.6 is 0 Å². The highest BCUT2D eigenvalue weighted by atomic mass is 14.1. The van der Waals surface area contributed by atoms with Gasteiger partial charge >= 0.3 is 0 Å². The van der Waals surface area contributed by atoms with E-state index in [2.05, 4.69) is 36.4 Å². The van der Waals surface area contributed by atoms with Gasteiger partial charge in [-0.15, -0.1) is 0 Å². The molecule has 0 atom stereocenters. The lowest BCUT2D eigenvalue weighted by atomic mass is 9.92. The molecule has 0 spiro atoms. The van der Waals surface area contributed by atoms with Crippen LogP contribution in [0.1, 0.15) is 91.2 Å². The van der Waals surface area contributed by atoms with E-state index >= 15 is 0 Å². The van der Waals surface area contributed by atoms with Gasteiger partial charge in [0.05, 0.1) is 0 Å². The first-order valence-corrected chi connectivity index (χ1v) is 11.6. The standard InChI is InChI=1S/C27H36/c1-4-10-22-16-24-12-6-2-7-13-25-17-23(11-5-1)19-27(21-25)15-9-3-8-14-26(18-22)20-24/h16-21H,1-15H2. The summed E-state index contributed by atoms with van der Waals surface area (Å²) in [6.07, 6.45) is 19.8. The second kappa shape index (κ2) is 9.58. The topological polar surface area (TPSA) is 0 Å². The summed E-state index contributed by atoms with van der Waals surface area (Å²) < 4.78 is 0. The first kappa shape index (κ1) is 18.8. The first-order valence-electron chi connectivity index (χ1n) is 11.6. The van der Waals surface area contributed by atoms with Crippen molar-refractivity contribution in [2.75, 3.05) is 0 Å². The molecule has 0 heteroatoms. The van der Waals surface area contributed by atoms with Crippen molar-refractivity contribution in [2.24, 2.45) is 0 Å². The van der Waals surface area contributed by atoms with Gasteiger partial charge in [0.25, 0.3) is 0 Å². The summed E-state index contributed by atoms with van der Waals surface area (Å²) in [5.74, 6) is 0. The van der Waals surface area contributed by atoms with E-state index in [4.69, 9.17) is 0 Å². The van der Waals surface area contributed by atoms with E-state index in [1.54, 1.807) is 33.4 Å². The second-order valence-corrected chi connectivity index (χ2v) is 9.00. The number of rotatable bonds is 0. The van der Waals surface area contributed by atoms with Crippen LogP contribution in [0.2, 0.25) is 0 Å². The number of hydrogen-bond acceptors (Lipinski definition) is 0. The molecule has 0 saturated heterocycles. The Hall–Kier alpha value is -1.56. The molecule has 2 aromatic carbocycles. The molecule has 0 aliphatic heterocycles. The molecule has 5 rings (SSSR count). The van der Waals surface area contributed by atoms with Gasteiger partial charge in [-0.2, -0.15) is 0 Å². The van der Waals surface area contributed by atoms with Crippen LogP contribution in [0.15, 0.2) is 36.4 Å². The highest BCUT2D eigenvalue weighted by Crippen LogP contribution is 2.22. The van der Waals surface area contributed by atoms with Crippen molar-refractivity contribution < 1.29 is 0 Å². The molecule has 0 fully saturated rings. The molecular formula is C27H36. The van der Waals surface area contributed by atoms with Crippen LogP contribution in [-0.4, -0.2) is 0 Å². The maximum Gasteiger partial charge on any atom is -0.0279 e. The molecule has 0 N–H and O–H groups in total. The summed E-state index contributed by atoms with van der Waals surface area (Å²) in [6.45, 7) is 0. The van der Waals surface area contributed by atoms with Gasteiger partial charge in [-0.05, 0) is 110 Å². The molecule has 2 aromatic rings. The predicted molar refractivity (Wildman–Crippen MR) is 117 cm³/mol. The molecule has 27 heavy (non-hydrogen) atoms. The summed E-state index contributed by atoms with van der Waals surface area (Å²) in [5, 5.41) is 0. The lowest BCUT2D eigenvalue weighted by Crippen LogP contribution is -2.00. The van der Waals surface area contributed by atoms with E-state index in [9.17, 15) is 0 Å². The van der Waals surface area contributed by atoms with Crippen LogP contribution < -0.4 is 0 Å².